The molecule has 0 atom stereocenters. The van der Waals surface area contributed by atoms with Crippen LogP contribution in [-0.4, -0.2) is 30.6 Å². The summed E-state index contributed by atoms with van der Waals surface area (Å²) < 4.78 is 4.51. The van der Waals surface area contributed by atoms with Crippen LogP contribution in [0.2, 0.25) is 0 Å². The second-order valence-corrected chi connectivity index (χ2v) is 3.74. The number of aromatic nitrogens is 1. The first-order valence-electron chi connectivity index (χ1n) is 4.71. The molecule has 0 bridgehead atoms. The van der Waals surface area contributed by atoms with Crippen molar-refractivity contribution in [3.8, 4) is 0 Å². The van der Waals surface area contributed by atoms with Crippen molar-refractivity contribution in [2.45, 2.75) is 13.3 Å². The van der Waals surface area contributed by atoms with Gasteiger partial charge in [-0.3, -0.25) is 10.1 Å². The average molecular weight is 243 g/mol. The van der Waals surface area contributed by atoms with Crippen molar-refractivity contribution in [2.24, 2.45) is 0 Å². The SMILES string of the molecule is CCNC(=O)Nc1nc(CC(=O)OC)cs1. The summed E-state index contributed by atoms with van der Waals surface area (Å²) in [6, 6.07) is -0.304. The van der Waals surface area contributed by atoms with E-state index in [1.54, 1.807) is 5.38 Å². The van der Waals surface area contributed by atoms with Gasteiger partial charge in [0.15, 0.2) is 5.13 Å². The Morgan fingerprint density at radius 3 is 2.94 bits per heavy atom. The quantitative estimate of drug-likeness (QED) is 0.773. The number of anilines is 1. The maximum atomic E-state index is 11.2. The van der Waals surface area contributed by atoms with Crippen LogP contribution >= 0.6 is 11.3 Å². The minimum Gasteiger partial charge on any atom is -0.469 e. The van der Waals surface area contributed by atoms with Crippen molar-refractivity contribution in [2.75, 3.05) is 19.0 Å². The first kappa shape index (κ1) is 12.4. The molecule has 0 aromatic carbocycles. The minimum absolute atomic E-state index is 0.115. The fourth-order valence-electron chi connectivity index (χ4n) is 0.968. The summed E-state index contributed by atoms with van der Waals surface area (Å²) in [5.74, 6) is -0.352. The maximum absolute atomic E-state index is 11.2. The number of nitrogens with one attached hydrogen (secondary N) is 2. The van der Waals surface area contributed by atoms with E-state index in [-0.39, 0.29) is 18.4 Å². The molecule has 7 heteroatoms. The van der Waals surface area contributed by atoms with Crippen LogP contribution in [0.4, 0.5) is 9.93 Å². The van der Waals surface area contributed by atoms with Gasteiger partial charge in [-0.15, -0.1) is 11.3 Å². The molecule has 1 rings (SSSR count). The third-order valence-electron chi connectivity index (χ3n) is 1.66. The van der Waals surface area contributed by atoms with Gasteiger partial charge in [-0.05, 0) is 6.92 Å². The predicted molar refractivity (Wildman–Crippen MR) is 60.5 cm³/mol. The lowest BCUT2D eigenvalue weighted by molar-refractivity contribution is -0.139. The first-order valence-corrected chi connectivity index (χ1v) is 5.59. The lowest BCUT2D eigenvalue weighted by atomic mass is 10.3. The summed E-state index contributed by atoms with van der Waals surface area (Å²) in [5.41, 5.74) is 0.587. The Balaban J connectivity index is 2.51. The molecule has 0 spiro atoms. The van der Waals surface area contributed by atoms with Crippen LogP contribution in [0.25, 0.3) is 0 Å². The van der Waals surface area contributed by atoms with Gasteiger partial charge < -0.3 is 10.1 Å². The van der Waals surface area contributed by atoms with Crippen LogP contribution in [0.3, 0.4) is 0 Å². The largest absolute Gasteiger partial charge is 0.469 e. The molecule has 0 aliphatic rings. The highest BCUT2D eigenvalue weighted by Gasteiger charge is 2.09. The number of hydrogen-bond acceptors (Lipinski definition) is 5. The zero-order valence-corrected chi connectivity index (χ0v) is 9.89. The van der Waals surface area contributed by atoms with Crippen molar-refractivity contribution in [3.05, 3.63) is 11.1 Å². The molecule has 2 amide bonds. The van der Waals surface area contributed by atoms with Crippen LogP contribution in [0.5, 0.6) is 0 Å². The second-order valence-electron chi connectivity index (χ2n) is 2.88. The molecular weight excluding hydrogens is 230 g/mol. The van der Waals surface area contributed by atoms with Crippen LogP contribution in [0.15, 0.2) is 5.38 Å². The molecule has 1 aromatic rings. The van der Waals surface area contributed by atoms with Crippen molar-refractivity contribution in [1.82, 2.24) is 10.3 Å². The Kier molecular flexibility index (Phi) is 4.71. The smallest absolute Gasteiger partial charge is 0.321 e. The Morgan fingerprint density at radius 1 is 1.56 bits per heavy atom. The molecule has 2 N–H and O–H groups in total. The van der Waals surface area contributed by atoms with Crippen LogP contribution in [-0.2, 0) is 16.0 Å². The summed E-state index contributed by atoms with van der Waals surface area (Å²) in [7, 11) is 1.32. The molecule has 1 heterocycles. The average Bonchev–Trinajstić information content (AvgIpc) is 2.65. The highest BCUT2D eigenvalue weighted by Crippen LogP contribution is 2.15. The van der Waals surface area contributed by atoms with E-state index in [1.165, 1.54) is 18.4 Å². The molecule has 16 heavy (non-hydrogen) atoms. The molecule has 0 saturated carbocycles. The van der Waals surface area contributed by atoms with Gasteiger partial charge in [-0.1, -0.05) is 0 Å². The minimum atomic E-state index is -0.352. The Bertz CT molecular complexity index is 378. The third-order valence-corrected chi connectivity index (χ3v) is 2.47. The van der Waals surface area contributed by atoms with Gasteiger partial charge >= 0.3 is 12.0 Å². The highest BCUT2D eigenvalue weighted by molar-refractivity contribution is 7.13. The maximum Gasteiger partial charge on any atom is 0.321 e. The summed E-state index contributed by atoms with van der Waals surface area (Å²) >= 11 is 1.27. The number of rotatable bonds is 4. The van der Waals surface area contributed by atoms with Gasteiger partial charge in [-0.2, -0.15) is 0 Å². The zero-order chi connectivity index (χ0) is 12.0. The predicted octanol–water partition coefficient (Wildman–Crippen LogP) is 1.00. The Morgan fingerprint density at radius 2 is 2.31 bits per heavy atom. The lowest BCUT2D eigenvalue weighted by Gasteiger charge is -2.00. The standard InChI is InChI=1S/C9H13N3O3S/c1-3-10-8(14)12-9-11-6(5-16-9)4-7(13)15-2/h5H,3-4H2,1-2H3,(H2,10,11,12,14). The molecule has 0 aliphatic heterocycles. The van der Waals surface area contributed by atoms with Crippen molar-refractivity contribution < 1.29 is 14.3 Å². The van der Waals surface area contributed by atoms with Gasteiger partial charge in [0, 0.05) is 11.9 Å². The van der Waals surface area contributed by atoms with Gasteiger partial charge in [0.05, 0.1) is 19.2 Å². The number of carbonyl (C=O) groups is 2. The van der Waals surface area contributed by atoms with E-state index in [0.717, 1.165) is 0 Å². The molecule has 88 valence electrons. The molecule has 0 saturated heterocycles. The van der Waals surface area contributed by atoms with Gasteiger partial charge in [0.2, 0.25) is 0 Å². The number of methoxy groups -OCH3 is 1. The number of urea groups is 1. The van der Waals surface area contributed by atoms with E-state index in [9.17, 15) is 9.59 Å². The fourth-order valence-corrected chi connectivity index (χ4v) is 1.67. The Labute approximate surface area is 97.0 Å². The fraction of sp³-hybridized carbons (Fsp3) is 0.444. The second kappa shape index (κ2) is 6.06. The topological polar surface area (TPSA) is 80.3 Å². The van der Waals surface area contributed by atoms with Crippen molar-refractivity contribution in [3.63, 3.8) is 0 Å². The molecular formula is C9H13N3O3S. The van der Waals surface area contributed by atoms with E-state index in [4.69, 9.17) is 0 Å². The monoisotopic (exact) mass is 243 g/mol. The van der Waals surface area contributed by atoms with Crippen molar-refractivity contribution in [1.29, 1.82) is 0 Å². The number of amides is 2. The third kappa shape index (κ3) is 3.85. The van der Waals surface area contributed by atoms with Gasteiger partial charge in [-0.25, -0.2) is 9.78 Å². The van der Waals surface area contributed by atoms with Crippen LogP contribution in [0, 0.1) is 0 Å². The molecule has 0 radical (unpaired) electrons. The highest BCUT2D eigenvalue weighted by atomic mass is 32.1. The van der Waals surface area contributed by atoms with E-state index in [1.807, 2.05) is 6.92 Å². The number of nitrogens with zero attached hydrogens (tertiary/aromatic N) is 1. The van der Waals surface area contributed by atoms with E-state index in [2.05, 4.69) is 20.4 Å². The number of thiazole rings is 1. The van der Waals surface area contributed by atoms with Gasteiger partial charge in [0.1, 0.15) is 0 Å². The summed E-state index contributed by atoms with van der Waals surface area (Å²) in [6.07, 6.45) is 0.115. The molecule has 0 aliphatic carbocycles. The van der Waals surface area contributed by atoms with Crippen LogP contribution in [0.1, 0.15) is 12.6 Å². The van der Waals surface area contributed by atoms with E-state index in [0.29, 0.717) is 17.4 Å². The number of esters is 1. The molecule has 1 aromatic heterocycles. The summed E-state index contributed by atoms with van der Waals surface area (Å²) in [6.45, 7) is 2.37. The normalized spacial score (nSPS) is 9.62. The first-order chi connectivity index (χ1) is 7.65. The van der Waals surface area contributed by atoms with Gasteiger partial charge in [0.25, 0.3) is 0 Å². The lowest BCUT2D eigenvalue weighted by Crippen LogP contribution is -2.28. The number of ether oxygens (including phenoxy) is 1. The number of carbonyl (C=O) groups excluding carboxylic acids is 2. The summed E-state index contributed by atoms with van der Waals surface area (Å²) in [4.78, 5) is 26.2. The number of hydrogen-bond donors (Lipinski definition) is 2. The summed E-state index contributed by atoms with van der Waals surface area (Å²) in [5, 5.41) is 7.31. The zero-order valence-electron chi connectivity index (χ0n) is 9.07. The van der Waals surface area contributed by atoms with E-state index >= 15 is 0 Å². The van der Waals surface area contributed by atoms with Crippen molar-refractivity contribution >= 4 is 28.5 Å². The van der Waals surface area contributed by atoms with Crippen LogP contribution < -0.4 is 10.6 Å². The Hall–Kier alpha value is -1.63. The molecule has 0 unspecified atom stereocenters. The van der Waals surface area contributed by atoms with E-state index < -0.39 is 0 Å². The molecule has 6 nitrogen and oxygen atoms in total. The molecule has 0 fully saturated rings.